The highest BCUT2D eigenvalue weighted by Crippen LogP contribution is 2.36. The van der Waals surface area contributed by atoms with Gasteiger partial charge in [0.05, 0.1) is 11.1 Å². The van der Waals surface area contributed by atoms with Gasteiger partial charge in [0.25, 0.3) is 0 Å². The lowest BCUT2D eigenvalue weighted by atomic mass is 9.87. The maximum atomic E-state index is 13.3. The average molecular weight is 337 g/mol. The van der Waals surface area contributed by atoms with Gasteiger partial charge >= 0.3 is 0 Å². The molecule has 0 bridgehead atoms. The lowest BCUT2D eigenvalue weighted by Crippen LogP contribution is -2.22. The van der Waals surface area contributed by atoms with Crippen LogP contribution in [0.15, 0.2) is 72.8 Å². The Morgan fingerprint density at radius 1 is 0.692 bits per heavy atom. The van der Waals surface area contributed by atoms with Crippen molar-refractivity contribution in [2.45, 2.75) is 6.92 Å². The molecular formula is C23H15NO2. The molecule has 3 heteroatoms. The van der Waals surface area contributed by atoms with Crippen LogP contribution in [0.5, 0.6) is 0 Å². The number of carbonyl (C=O) groups excluding carboxylic acids is 2. The topological polar surface area (TPSA) is 39.1 Å². The Kier molecular flexibility index (Phi) is 3.01. The highest BCUT2D eigenvalue weighted by Gasteiger charge is 2.35. The van der Waals surface area contributed by atoms with Gasteiger partial charge in [-0.1, -0.05) is 60.2 Å². The molecule has 0 radical (unpaired) electrons. The van der Waals surface area contributed by atoms with Crippen LogP contribution in [0.3, 0.4) is 0 Å². The van der Waals surface area contributed by atoms with Gasteiger partial charge in [0.15, 0.2) is 5.78 Å². The molecule has 5 rings (SSSR count). The van der Waals surface area contributed by atoms with Gasteiger partial charge in [0, 0.05) is 22.2 Å². The zero-order chi connectivity index (χ0) is 17.8. The first-order chi connectivity index (χ1) is 12.7. The first-order valence-corrected chi connectivity index (χ1v) is 8.56. The Labute approximate surface area is 150 Å². The van der Waals surface area contributed by atoms with Crippen molar-refractivity contribution in [2.75, 3.05) is 0 Å². The average Bonchev–Trinajstić information content (AvgIpc) is 3.02. The molecule has 0 fully saturated rings. The van der Waals surface area contributed by atoms with Gasteiger partial charge in [-0.15, -0.1) is 0 Å². The Morgan fingerprint density at radius 2 is 1.31 bits per heavy atom. The summed E-state index contributed by atoms with van der Waals surface area (Å²) in [4.78, 5) is 26.5. The minimum absolute atomic E-state index is 0.0859. The zero-order valence-corrected chi connectivity index (χ0v) is 14.2. The van der Waals surface area contributed by atoms with E-state index in [-0.39, 0.29) is 11.6 Å². The maximum Gasteiger partial charge on any atom is 0.211 e. The van der Waals surface area contributed by atoms with Crippen molar-refractivity contribution in [1.29, 1.82) is 0 Å². The highest BCUT2D eigenvalue weighted by atomic mass is 16.1. The third kappa shape index (κ3) is 1.88. The summed E-state index contributed by atoms with van der Waals surface area (Å²) in [6.45, 7) is 2.03. The van der Waals surface area contributed by atoms with E-state index in [4.69, 9.17) is 0 Å². The zero-order valence-electron chi connectivity index (χ0n) is 14.2. The lowest BCUT2D eigenvalue weighted by molar-refractivity contribution is 0.0976. The number of fused-ring (bicyclic) bond motifs is 4. The fourth-order valence-corrected chi connectivity index (χ4v) is 3.79. The molecule has 0 N–H and O–H groups in total. The number of hydrogen-bond donors (Lipinski definition) is 0. The predicted molar refractivity (Wildman–Crippen MR) is 101 cm³/mol. The second-order valence-corrected chi connectivity index (χ2v) is 6.62. The normalized spacial score (nSPS) is 13.0. The quantitative estimate of drug-likeness (QED) is 0.444. The van der Waals surface area contributed by atoms with Gasteiger partial charge in [-0.2, -0.15) is 0 Å². The number of carbonyl (C=O) groups is 2. The summed E-state index contributed by atoms with van der Waals surface area (Å²) in [5.74, 6) is -0.191. The van der Waals surface area contributed by atoms with E-state index in [9.17, 15) is 9.59 Å². The Hall–Kier alpha value is -3.46. The molecular weight excluding hydrogens is 322 g/mol. The van der Waals surface area contributed by atoms with E-state index in [1.165, 1.54) is 0 Å². The SMILES string of the molecule is Cc1ccc(-n2c3c(c4ccccc42)C(=O)c2ccccc2C3=O)cc1. The summed E-state index contributed by atoms with van der Waals surface area (Å²) in [6.07, 6.45) is 0. The number of para-hydroxylation sites is 1. The summed E-state index contributed by atoms with van der Waals surface area (Å²) >= 11 is 0. The molecule has 0 unspecified atom stereocenters. The maximum absolute atomic E-state index is 13.3. The van der Waals surface area contributed by atoms with E-state index in [1.807, 2.05) is 60.0 Å². The number of aromatic nitrogens is 1. The Bertz CT molecular complexity index is 1210. The predicted octanol–water partition coefficient (Wildman–Crippen LogP) is 4.71. The molecule has 0 spiro atoms. The van der Waals surface area contributed by atoms with Gasteiger partial charge in [-0.05, 0) is 25.1 Å². The molecule has 1 aliphatic rings. The second kappa shape index (κ2) is 5.27. The first kappa shape index (κ1) is 14.8. The van der Waals surface area contributed by atoms with E-state index in [1.54, 1.807) is 24.3 Å². The number of benzene rings is 3. The van der Waals surface area contributed by atoms with E-state index in [0.717, 1.165) is 22.2 Å². The van der Waals surface area contributed by atoms with Crippen molar-refractivity contribution in [3.8, 4) is 5.69 Å². The van der Waals surface area contributed by atoms with E-state index in [0.29, 0.717) is 22.4 Å². The fraction of sp³-hybridized carbons (Fsp3) is 0.0435. The summed E-state index contributed by atoms with van der Waals surface area (Å²) in [5, 5.41) is 0.816. The summed E-state index contributed by atoms with van der Waals surface area (Å²) in [5.41, 5.74) is 4.82. The Balaban J connectivity index is 1.93. The second-order valence-electron chi connectivity index (χ2n) is 6.62. The van der Waals surface area contributed by atoms with Crippen LogP contribution in [-0.4, -0.2) is 16.1 Å². The van der Waals surface area contributed by atoms with Crippen molar-refractivity contribution in [3.05, 3.63) is 101 Å². The van der Waals surface area contributed by atoms with Gasteiger partial charge in [0.2, 0.25) is 5.78 Å². The van der Waals surface area contributed by atoms with Crippen LogP contribution in [0.1, 0.15) is 37.5 Å². The molecule has 26 heavy (non-hydrogen) atoms. The van der Waals surface area contributed by atoms with Crippen LogP contribution in [0.4, 0.5) is 0 Å². The highest BCUT2D eigenvalue weighted by molar-refractivity contribution is 6.32. The molecule has 1 heterocycles. The minimum Gasteiger partial charge on any atom is -0.306 e. The fourth-order valence-electron chi connectivity index (χ4n) is 3.79. The molecule has 0 amide bonds. The molecule has 3 nitrogen and oxygen atoms in total. The van der Waals surface area contributed by atoms with E-state index >= 15 is 0 Å². The minimum atomic E-state index is -0.105. The van der Waals surface area contributed by atoms with Gasteiger partial charge < -0.3 is 4.57 Å². The Morgan fingerprint density at radius 3 is 2.04 bits per heavy atom. The standard InChI is InChI=1S/C23H15NO2/c1-14-10-12-15(13-11-14)24-19-9-5-4-8-18(19)20-21(24)23(26)17-7-3-2-6-16(17)22(20)25/h2-13H,1H3. The summed E-state index contributed by atoms with van der Waals surface area (Å²) < 4.78 is 1.92. The van der Waals surface area contributed by atoms with Crippen LogP contribution < -0.4 is 0 Å². The smallest absolute Gasteiger partial charge is 0.211 e. The largest absolute Gasteiger partial charge is 0.306 e. The third-order valence-electron chi connectivity index (χ3n) is 5.03. The van der Waals surface area contributed by atoms with Crippen molar-refractivity contribution in [2.24, 2.45) is 0 Å². The van der Waals surface area contributed by atoms with Crippen LogP contribution >= 0.6 is 0 Å². The van der Waals surface area contributed by atoms with Crippen LogP contribution in [-0.2, 0) is 0 Å². The van der Waals surface area contributed by atoms with E-state index < -0.39 is 0 Å². The molecule has 1 aliphatic carbocycles. The van der Waals surface area contributed by atoms with Gasteiger partial charge in [-0.25, -0.2) is 0 Å². The molecule has 0 saturated carbocycles. The molecule has 4 aromatic rings. The molecule has 0 aliphatic heterocycles. The van der Waals surface area contributed by atoms with Crippen molar-refractivity contribution >= 4 is 22.5 Å². The molecule has 3 aromatic carbocycles. The lowest BCUT2D eigenvalue weighted by Gasteiger charge is -2.17. The molecule has 0 atom stereocenters. The number of nitrogens with zero attached hydrogens (tertiary/aromatic N) is 1. The van der Waals surface area contributed by atoms with Crippen molar-refractivity contribution in [3.63, 3.8) is 0 Å². The summed E-state index contributed by atoms with van der Waals surface area (Å²) in [7, 11) is 0. The summed E-state index contributed by atoms with van der Waals surface area (Å²) in [6, 6.07) is 22.8. The number of aryl methyl sites for hydroxylation is 1. The van der Waals surface area contributed by atoms with Crippen molar-refractivity contribution < 1.29 is 9.59 Å². The monoisotopic (exact) mass is 337 g/mol. The molecule has 0 saturated heterocycles. The first-order valence-electron chi connectivity index (χ1n) is 8.56. The van der Waals surface area contributed by atoms with Crippen LogP contribution in [0.25, 0.3) is 16.6 Å². The van der Waals surface area contributed by atoms with Crippen LogP contribution in [0.2, 0.25) is 0 Å². The number of ketones is 2. The van der Waals surface area contributed by atoms with Crippen LogP contribution in [0, 0.1) is 6.92 Å². The van der Waals surface area contributed by atoms with E-state index in [2.05, 4.69) is 0 Å². The van der Waals surface area contributed by atoms with Gasteiger partial charge in [-0.3, -0.25) is 9.59 Å². The van der Waals surface area contributed by atoms with Gasteiger partial charge in [0.1, 0.15) is 5.69 Å². The molecule has 1 aromatic heterocycles. The number of hydrogen-bond acceptors (Lipinski definition) is 2. The molecule has 124 valence electrons. The van der Waals surface area contributed by atoms with Crippen molar-refractivity contribution in [1.82, 2.24) is 4.57 Å². The third-order valence-corrected chi connectivity index (χ3v) is 5.03. The number of rotatable bonds is 1.